The molecule has 0 spiro atoms. The Balaban J connectivity index is 1.88. The molecule has 28 heavy (non-hydrogen) atoms. The monoisotopic (exact) mass is 390 g/mol. The average Bonchev–Trinajstić information content (AvgIpc) is 2.71. The normalized spacial score (nSPS) is 11.1. The summed E-state index contributed by atoms with van der Waals surface area (Å²) in [6, 6.07) is 6.86. The largest absolute Gasteiger partial charge is 0.493 e. The minimum Gasteiger partial charge on any atom is -0.493 e. The Bertz CT molecular complexity index is 508. The summed E-state index contributed by atoms with van der Waals surface area (Å²) in [5.74, 6) is 0.508. The third-order valence-corrected chi connectivity index (χ3v) is 5.79. The van der Waals surface area contributed by atoms with Crippen molar-refractivity contribution in [2.45, 2.75) is 104 Å². The third kappa shape index (κ3) is 11.4. The van der Waals surface area contributed by atoms with Crippen molar-refractivity contribution in [3.05, 3.63) is 29.8 Å². The number of benzene rings is 1. The van der Waals surface area contributed by atoms with Crippen LogP contribution in [0.1, 0.15) is 114 Å². The summed E-state index contributed by atoms with van der Waals surface area (Å²) in [6.45, 7) is 5.24. The number of hydrogen-bond donors (Lipinski definition) is 1. The second-order valence-corrected chi connectivity index (χ2v) is 8.01. The molecule has 0 saturated heterocycles. The lowest BCUT2D eigenvalue weighted by molar-refractivity contribution is 0.0692. The molecule has 3 nitrogen and oxygen atoms in total. The van der Waals surface area contributed by atoms with E-state index in [9.17, 15) is 4.79 Å². The summed E-state index contributed by atoms with van der Waals surface area (Å²) in [5.41, 5.74) is 0.248. The molecular weight excluding hydrogens is 348 g/mol. The Labute approximate surface area is 172 Å². The van der Waals surface area contributed by atoms with Crippen molar-refractivity contribution in [1.82, 2.24) is 0 Å². The molecule has 1 N–H and O–H groups in total. The van der Waals surface area contributed by atoms with E-state index < -0.39 is 5.97 Å². The first-order valence-corrected chi connectivity index (χ1v) is 11.6. The summed E-state index contributed by atoms with van der Waals surface area (Å²) in [6.07, 6.45) is 18.6. The Hall–Kier alpha value is -1.51. The van der Waals surface area contributed by atoms with Crippen LogP contribution in [0, 0.1) is 5.92 Å². The van der Waals surface area contributed by atoms with Crippen LogP contribution in [-0.4, -0.2) is 17.7 Å². The highest BCUT2D eigenvalue weighted by atomic mass is 16.5. The molecule has 0 bridgehead atoms. The number of carboxylic acid groups (broad SMARTS) is 1. The van der Waals surface area contributed by atoms with Crippen LogP contribution in [0.4, 0.5) is 0 Å². The maximum absolute atomic E-state index is 11.1. The van der Waals surface area contributed by atoms with Crippen LogP contribution >= 0.6 is 0 Å². The highest BCUT2D eigenvalue weighted by Gasteiger charge is 2.09. The van der Waals surface area contributed by atoms with E-state index in [1.807, 2.05) is 6.07 Å². The van der Waals surface area contributed by atoms with Gasteiger partial charge in [-0.2, -0.15) is 0 Å². The summed E-state index contributed by atoms with van der Waals surface area (Å²) < 4.78 is 5.64. The number of aromatic carboxylic acids is 1. The second kappa shape index (κ2) is 16.4. The van der Waals surface area contributed by atoms with E-state index in [0.717, 1.165) is 18.8 Å². The number of carboxylic acids is 1. The lowest BCUT2D eigenvalue weighted by atomic mass is 9.95. The van der Waals surface area contributed by atoms with Crippen molar-refractivity contribution in [3.63, 3.8) is 0 Å². The highest BCUT2D eigenvalue weighted by molar-refractivity contribution is 5.90. The lowest BCUT2D eigenvalue weighted by Crippen LogP contribution is -2.04. The zero-order valence-corrected chi connectivity index (χ0v) is 18.3. The quantitative estimate of drug-likeness (QED) is 0.259. The molecule has 1 rings (SSSR count). The third-order valence-electron chi connectivity index (χ3n) is 5.79. The van der Waals surface area contributed by atoms with Crippen LogP contribution in [0.15, 0.2) is 24.3 Å². The summed E-state index contributed by atoms with van der Waals surface area (Å²) in [7, 11) is 0. The van der Waals surface area contributed by atoms with Gasteiger partial charge in [-0.15, -0.1) is 0 Å². The van der Waals surface area contributed by atoms with Gasteiger partial charge in [0.1, 0.15) is 11.3 Å². The molecule has 160 valence electrons. The molecule has 0 aliphatic carbocycles. The molecule has 1 aromatic rings. The van der Waals surface area contributed by atoms with Gasteiger partial charge >= 0.3 is 5.97 Å². The maximum Gasteiger partial charge on any atom is 0.339 e. The van der Waals surface area contributed by atoms with Crippen LogP contribution in [0.25, 0.3) is 0 Å². The molecule has 0 unspecified atom stereocenters. The number of para-hydroxylation sites is 1. The predicted molar refractivity (Wildman–Crippen MR) is 118 cm³/mol. The van der Waals surface area contributed by atoms with E-state index in [-0.39, 0.29) is 5.56 Å². The fraction of sp³-hybridized carbons (Fsp3) is 0.720. The van der Waals surface area contributed by atoms with E-state index >= 15 is 0 Å². The van der Waals surface area contributed by atoms with Crippen LogP contribution in [-0.2, 0) is 0 Å². The Morgan fingerprint density at radius 2 is 1.32 bits per heavy atom. The number of hydrogen-bond acceptors (Lipinski definition) is 2. The van der Waals surface area contributed by atoms with Crippen molar-refractivity contribution in [2.24, 2.45) is 5.92 Å². The number of unbranched alkanes of at least 4 members (excludes halogenated alkanes) is 10. The van der Waals surface area contributed by atoms with Crippen LogP contribution in [0.3, 0.4) is 0 Å². The van der Waals surface area contributed by atoms with Crippen molar-refractivity contribution >= 4 is 5.97 Å². The van der Waals surface area contributed by atoms with Gasteiger partial charge in [-0.25, -0.2) is 4.79 Å². The minimum atomic E-state index is -0.929. The van der Waals surface area contributed by atoms with Gasteiger partial charge < -0.3 is 9.84 Å². The van der Waals surface area contributed by atoms with Crippen molar-refractivity contribution in [2.75, 3.05) is 6.61 Å². The molecule has 0 radical (unpaired) electrons. The van der Waals surface area contributed by atoms with Gasteiger partial charge in [0.25, 0.3) is 0 Å². The Kier molecular flexibility index (Phi) is 14.4. The number of rotatable bonds is 18. The van der Waals surface area contributed by atoms with E-state index in [2.05, 4.69) is 13.8 Å². The molecular formula is C25H42O3. The summed E-state index contributed by atoms with van der Waals surface area (Å²) in [5, 5.41) is 9.13. The zero-order valence-electron chi connectivity index (χ0n) is 18.3. The molecule has 3 heteroatoms. The molecule has 1 aromatic carbocycles. The van der Waals surface area contributed by atoms with Crippen LogP contribution < -0.4 is 4.74 Å². The molecule has 0 saturated carbocycles. The van der Waals surface area contributed by atoms with Gasteiger partial charge in [0.2, 0.25) is 0 Å². The highest BCUT2D eigenvalue weighted by Crippen LogP contribution is 2.19. The van der Waals surface area contributed by atoms with E-state index in [1.165, 1.54) is 77.0 Å². The first-order valence-electron chi connectivity index (χ1n) is 11.6. The second-order valence-electron chi connectivity index (χ2n) is 8.01. The van der Waals surface area contributed by atoms with Crippen molar-refractivity contribution in [1.29, 1.82) is 0 Å². The number of ether oxygens (including phenoxy) is 1. The minimum absolute atomic E-state index is 0.248. The molecule has 0 aliphatic rings. The summed E-state index contributed by atoms with van der Waals surface area (Å²) in [4.78, 5) is 11.1. The van der Waals surface area contributed by atoms with Gasteiger partial charge in [-0.1, -0.05) is 109 Å². The summed E-state index contributed by atoms with van der Waals surface area (Å²) >= 11 is 0. The molecule has 0 aliphatic heterocycles. The molecule has 0 amide bonds. The van der Waals surface area contributed by atoms with Crippen molar-refractivity contribution in [3.8, 4) is 5.75 Å². The topological polar surface area (TPSA) is 46.5 Å². The van der Waals surface area contributed by atoms with Gasteiger partial charge in [0.05, 0.1) is 6.61 Å². The fourth-order valence-electron chi connectivity index (χ4n) is 3.77. The van der Waals surface area contributed by atoms with Gasteiger partial charge in [-0.05, 0) is 24.5 Å². The maximum atomic E-state index is 11.1. The molecule has 0 aromatic heterocycles. The zero-order chi connectivity index (χ0) is 20.5. The average molecular weight is 391 g/mol. The van der Waals surface area contributed by atoms with E-state index in [0.29, 0.717) is 12.4 Å². The lowest BCUT2D eigenvalue weighted by Gasteiger charge is -2.11. The first kappa shape index (κ1) is 24.5. The van der Waals surface area contributed by atoms with Crippen LogP contribution in [0.5, 0.6) is 5.75 Å². The van der Waals surface area contributed by atoms with E-state index in [4.69, 9.17) is 9.84 Å². The van der Waals surface area contributed by atoms with Gasteiger partial charge in [0.15, 0.2) is 0 Å². The standard InChI is InChI=1S/C25H42O3/c1-3-22(4-2)18-14-12-10-8-6-5-7-9-11-13-17-21-28-24-20-16-15-19-23(24)25(26)27/h15-16,19-20,22H,3-14,17-18,21H2,1-2H3,(H,26,27). The number of carbonyl (C=O) groups is 1. The molecule has 0 atom stereocenters. The molecule has 0 fully saturated rings. The predicted octanol–water partition coefficient (Wildman–Crippen LogP) is 7.88. The van der Waals surface area contributed by atoms with Crippen LogP contribution in [0.2, 0.25) is 0 Å². The SMILES string of the molecule is CCC(CC)CCCCCCCCCCCCCOc1ccccc1C(=O)O. The smallest absolute Gasteiger partial charge is 0.339 e. The van der Waals surface area contributed by atoms with Gasteiger partial charge in [0, 0.05) is 0 Å². The molecule has 0 heterocycles. The van der Waals surface area contributed by atoms with Gasteiger partial charge in [-0.3, -0.25) is 0 Å². The Morgan fingerprint density at radius 1 is 0.821 bits per heavy atom. The fourth-order valence-corrected chi connectivity index (χ4v) is 3.77. The first-order chi connectivity index (χ1) is 13.7. The Morgan fingerprint density at radius 3 is 1.86 bits per heavy atom. The van der Waals surface area contributed by atoms with Crippen molar-refractivity contribution < 1.29 is 14.6 Å². The van der Waals surface area contributed by atoms with E-state index in [1.54, 1.807) is 18.2 Å².